The predicted octanol–water partition coefficient (Wildman–Crippen LogP) is 2.28. The van der Waals surface area contributed by atoms with Crippen LogP contribution in [0.1, 0.15) is 72.7 Å². The number of unbranched alkanes of at least 4 members (excludes halogenated alkanes) is 2. The maximum Gasteiger partial charge on any atom is 0.303 e. The summed E-state index contributed by atoms with van der Waals surface area (Å²) in [5, 5.41) is 2.93. The molecule has 0 radical (unpaired) electrons. The fourth-order valence-corrected chi connectivity index (χ4v) is 7.16. The van der Waals surface area contributed by atoms with E-state index in [-0.39, 0.29) is 24.9 Å². The van der Waals surface area contributed by atoms with Crippen molar-refractivity contribution in [3.05, 3.63) is 35.9 Å². The topological polar surface area (TPSA) is 216 Å². The Bertz CT molecular complexity index is 1500. The van der Waals surface area contributed by atoms with Crippen LogP contribution in [0.15, 0.2) is 30.3 Å². The van der Waals surface area contributed by atoms with Gasteiger partial charge in [0.15, 0.2) is 42.3 Å². The smallest absolute Gasteiger partial charge is 0.303 e. The van der Waals surface area contributed by atoms with Crippen molar-refractivity contribution < 1.29 is 80.9 Å². The zero-order valence-corrected chi connectivity index (χ0v) is 33.8. The Morgan fingerprint density at radius 2 is 1.40 bits per heavy atom. The highest BCUT2D eigenvalue weighted by atomic mass is 32.2. The molecule has 318 valence electrons. The lowest BCUT2D eigenvalue weighted by Crippen LogP contribution is -2.70. The zero-order chi connectivity index (χ0) is 41.5. The first-order chi connectivity index (χ1) is 27.2. The molecule has 1 N–H and O–H groups in total. The number of hydrogen-bond donors (Lipinski definition) is 1. The molecule has 19 heteroatoms. The Labute approximate surface area is 335 Å². The number of carbonyl (C=O) groups is 6. The van der Waals surface area contributed by atoms with Crippen LogP contribution in [-0.4, -0.2) is 135 Å². The molecule has 0 spiro atoms. The average Bonchev–Trinajstić information content (AvgIpc) is 3.14. The predicted molar refractivity (Wildman–Crippen MR) is 197 cm³/mol. The molecule has 4 rings (SSSR count). The molecule has 3 aliphatic heterocycles. The minimum Gasteiger partial charge on any atom is -0.463 e. The first-order valence-electron chi connectivity index (χ1n) is 18.8. The summed E-state index contributed by atoms with van der Waals surface area (Å²) in [4.78, 5) is 73.1. The van der Waals surface area contributed by atoms with Gasteiger partial charge in [0, 0.05) is 59.5 Å². The van der Waals surface area contributed by atoms with Gasteiger partial charge in [-0.1, -0.05) is 48.5 Å². The third-order valence-electron chi connectivity index (χ3n) is 8.77. The van der Waals surface area contributed by atoms with Crippen molar-refractivity contribution in [2.75, 3.05) is 38.8 Å². The van der Waals surface area contributed by atoms with E-state index < -0.39 is 104 Å². The molecule has 0 aliphatic carbocycles. The highest BCUT2D eigenvalue weighted by Gasteiger charge is 2.57. The number of thioether (sulfide) groups is 1. The summed E-state index contributed by atoms with van der Waals surface area (Å²) in [5.74, 6) is -2.83. The fraction of sp³-hybridized carbons (Fsp3) is 0.684. The molecule has 3 heterocycles. The van der Waals surface area contributed by atoms with Crippen LogP contribution in [-0.2, 0) is 80.9 Å². The van der Waals surface area contributed by atoms with Crippen LogP contribution in [0.5, 0.6) is 0 Å². The number of esters is 4. The summed E-state index contributed by atoms with van der Waals surface area (Å²) in [6.07, 6.45) is -9.85. The second-order valence-electron chi connectivity index (χ2n) is 13.5. The lowest BCUT2D eigenvalue weighted by atomic mass is 9.94. The van der Waals surface area contributed by atoms with Crippen LogP contribution in [0, 0.1) is 0 Å². The molecule has 1 amide bonds. The fourth-order valence-electron chi connectivity index (χ4n) is 6.52. The lowest BCUT2D eigenvalue weighted by Gasteiger charge is -2.51. The van der Waals surface area contributed by atoms with E-state index in [2.05, 4.69) is 5.32 Å². The van der Waals surface area contributed by atoms with Gasteiger partial charge in [0.05, 0.1) is 19.8 Å². The van der Waals surface area contributed by atoms with Gasteiger partial charge in [-0.2, -0.15) is 0 Å². The molecule has 0 saturated carbocycles. The summed E-state index contributed by atoms with van der Waals surface area (Å²) >= 11 is 1.29. The van der Waals surface area contributed by atoms with Gasteiger partial charge in [0.1, 0.15) is 37.1 Å². The monoisotopic (exact) mass is 827 g/mol. The Balaban J connectivity index is 1.64. The number of amides is 1. The molecule has 0 aromatic heterocycles. The number of hydrogen-bond acceptors (Lipinski definition) is 18. The highest BCUT2D eigenvalue weighted by Crippen LogP contribution is 2.38. The zero-order valence-electron chi connectivity index (χ0n) is 33.0. The van der Waals surface area contributed by atoms with Gasteiger partial charge in [0.2, 0.25) is 5.91 Å². The number of ether oxygens (including phenoxy) is 11. The number of benzene rings is 1. The molecule has 3 saturated heterocycles. The molecule has 11 atom stereocenters. The van der Waals surface area contributed by atoms with E-state index in [0.717, 1.165) is 52.7 Å². The van der Waals surface area contributed by atoms with E-state index in [1.807, 2.05) is 30.3 Å². The Kier molecular flexibility index (Phi) is 18.6. The van der Waals surface area contributed by atoms with Crippen molar-refractivity contribution in [2.45, 2.75) is 128 Å². The summed E-state index contributed by atoms with van der Waals surface area (Å²) in [6.45, 7) is 7.59. The van der Waals surface area contributed by atoms with Gasteiger partial charge >= 0.3 is 23.9 Å². The van der Waals surface area contributed by atoms with Crippen LogP contribution < -0.4 is 5.32 Å². The Hall–Kier alpha value is -3.69. The van der Waals surface area contributed by atoms with Crippen molar-refractivity contribution in [1.29, 1.82) is 0 Å². The number of nitrogens with one attached hydrogen (secondary N) is 1. The van der Waals surface area contributed by atoms with E-state index in [1.54, 1.807) is 6.92 Å². The van der Waals surface area contributed by atoms with Gasteiger partial charge in [0.25, 0.3) is 0 Å². The molecule has 5 unspecified atom stereocenters. The second-order valence-corrected chi connectivity index (χ2v) is 14.8. The molecule has 3 aliphatic rings. The van der Waals surface area contributed by atoms with Crippen LogP contribution in [0.25, 0.3) is 0 Å². The summed E-state index contributed by atoms with van der Waals surface area (Å²) in [6, 6.07) is 8.00. The normalized spacial score (nSPS) is 29.6. The average molecular weight is 828 g/mol. The van der Waals surface area contributed by atoms with Crippen molar-refractivity contribution >= 4 is 46.7 Å². The highest BCUT2D eigenvalue weighted by molar-refractivity contribution is 8.13. The van der Waals surface area contributed by atoms with Crippen LogP contribution in [0.3, 0.4) is 0 Å². The molecule has 18 nitrogen and oxygen atoms in total. The maximum absolute atomic E-state index is 12.8. The molecular formula is C38H53NO17S. The van der Waals surface area contributed by atoms with Crippen molar-refractivity contribution in [2.24, 2.45) is 0 Å². The third kappa shape index (κ3) is 14.6. The molecular weight excluding hydrogens is 774 g/mol. The molecule has 0 bridgehead atoms. The van der Waals surface area contributed by atoms with Gasteiger partial charge in [-0.3, -0.25) is 28.8 Å². The first kappa shape index (κ1) is 46.0. The maximum atomic E-state index is 12.8. The van der Waals surface area contributed by atoms with Crippen molar-refractivity contribution in [3.63, 3.8) is 0 Å². The summed E-state index contributed by atoms with van der Waals surface area (Å²) < 4.78 is 65.7. The number of fused-ring (bicyclic) bond motifs is 1. The molecule has 1 aromatic carbocycles. The van der Waals surface area contributed by atoms with E-state index in [1.165, 1.54) is 18.7 Å². The van der Waals surface area contributed by atoms with E-state index in [0.29, 0.717) is 12.2 Å². The quantitative estimate of drug-likeness (QED) is 0.120. The van der Waals surface area contributed by atoms with Gasteiger partial charge < -0.3 is 57.4 Å². The number of rotatable bonds is 19. The largest absolute Gasteiger partial charge is 0.463 e. The van der Waals surface area contributed by atoms with E-state index >= 15 is 0 Å². The summed E-state index contributed by atoms with van der Waals surface area (Å²) in [5.41, 5.74) is 0.686. The minimum atomic E-state index is -1.61. The van der Waals surface area contributed by atoms with E-state index in [4.69, 9.17) is 52.1 Å². The Morgan fingerprint density at radius 1 is 0.719 bits per heavy atom. The van der Waals surface area contributed by atoms with E-state index in [9.17, 15) is 28.8 Å². The van der Waals surface area contributed by atoms with Gasteiger partial charge in [-0.25, -0.2) is 0 Å². The first-order valence-corrected chi connectivity index (χ1v) is 19.7. The second kappa shape index (κ2) is 23.0. The third-order valence-corrected chi connectivity index (χ3v) is 9.67. The number of carbonyl (C=O) groups excluding carboxylic acids is 6. The van der Waals surface area contributed by atoms with Crippen molar-refractivity contribution in [1.82, 2.24) is 5.32 Å². The van der Waals surface area contributed by atoms with Crippen LogP contribution in [0.4, 0.5) is 0 Å². The van der Waals surface area contributed by atoms with Crippen molar-refractivity contribution in [3.8, 4) is 0 Å². The van der Waals surface area contributed by atoms with Gasteiger partial charge in [-0.15, -0.1) is 0 Å². The minimum absolute atomic E-state index is 0.00766. The van der Waals surface area contributed by atoms with Crippen LogP contribution in [0.2, 0.25) is 0 Å². The molecule has 1 aromatic rings. The SMILES string of the molecule is CC(=O)NC1[C@H](OCCOCCCCCSC(C)=O)OC2COC(c3ccccc3)O[C@@H]2[C@@H]1O[C@@H]1OC(COC(C)=O)[C@H](OC(C)=O)[C@H](OC(C)=O)C1OC(C)=O. The Morgan fingerprint density at radius 3 is 2.05 bits per heavy atom. The standard InChI is InChI=1S/C38H53NO17S/c1-21(40)39-30-33(56-38-35(52-25(5)44)34(51-24(4)43)32(50-23(3)42)28(54-38)19-48-22(2)41)31-29(20-49-36(55-31)27-13-9-7-10-14-27)53-37(30)47-17-16-46-15-11-8-12-18-57-26(6)45/h7,9-10,13-14,28-38H,8,11-12,15-20H2,1-6H3,(H,39,40)/t28?,29?,30?,31-,32-,33+,34-,35?,36?,37+,38-/m0/s1. The van der Waals surface area contributed by atoms with Crippen LogP contribution >= 0.6 is 11.8 Å². The molecule has 57 heavy (non-hydrogen) atoms. The summed E-state index contributed by atoms with van der Waals surface area (Å²) in [7, 11) is 0. The molecule has 3 fully saturated rings. The van der Waals surface area contributed by atoms with Gasteiger partial charge in [-0.05, 0) is 12.8 Å². The lowest BCUT2D eigenvalue weighted by molar-refractivity contribution is -0.378.